The first-order valence-electron chi connectivity index (χ1n) is 5.47. The SMILES string of the molecule is N=C(N)c1ccc(-n2ccc3ccncc32)nc1. The number of nitrogens with two attached hydrogens (primary N) is 1. The van der Waals surface area contributed by atoms with E-state index in [1.54, 1.807) is 24.7 Å². The molecule has 0 unspecified atom stereocenters. The molecule has 3 N–H and O–H groups in total. The molecule has 0 aliphatic rings. The first-order chi connectivity index (χ1) is 8.75. The van der Waals surface area contributed by atoms with E-state index in [1.165, 1.54) is 0 Å². The molecule has 0 atom stereocenters. The number of pyridine rings is 2. The molecule has 5 nitrogen and oxygen atoms in total. The molecule has 0 saturated carbocycles. The highest BCUT2D eigenvalue weighted by atomic mass is 15.1. The summed E-state index contributed by atoms with van der Waals surface area (Å²) >= 11 is 0. The van der Waals surface area contributed by atoms with Crippen LogP contribution < -0.4 is 5.73 Å². The van der Waals surface area contributed by atoms with Crippen LogP contribution in [0.25, 0.3) is 16.7 Å². The summed E-state index contributed by atoms with van der Waals surface area (Å²) in [7, 11) is 0. The third-order valence-electron chi connectivity index (χ3n) is 2.80. The predicted molar refractivity (Wildman–Crippen MR) is 69.9 cm³/mol. The van der Waals surface area contributed by atoms with Gasteiger partial charge < -0.3 is 5.73 Å². The Hall–Kier alpha value is -2.69. The number of amidine groups is 1. The number of nitrogen functional groups attached to an aromatic ring is 1. The van der Waals surface area contributed by atoms with Gasteiger partial charge in [0.05, 0.1) is 11.7 Å². The van der Waals surface area contributed by atoms with Crippen LogP contribution in [0.5, 0.6) is 0 Å². The summed E-state index contributed by atoms with van der Waals surface area (Å²) in [5.41, 5.74) is 7.02. The number of fused-ring (bicyclic) bond motifs is 1. The molecule has 0 aromatic carbocycles. The molecule has 0 fully saturated rings. The number of rotatable bonds is 2. The average Bonchev–Trinajstić information content (AvgIpc) is 2.82. The van der Waals surface area contributed by atoms with Crippen LogP contribution in [0.3, 0.4) is 0 Å². The van der Waals surface area contributed by atoms with Crippen molar-refractivity contribution in [3.63, 3.8) is 0 Å². The molecular formula is C13H11N5. The highest BCUT2D eigenvalue weighted by Crippen LogP contribution is 2.17. The van der Waals surface area contributed by atoms with Crippen LogP contribution in [0.15, 0.2) is 49.1 Å². The minimum atomic E-state index is 0.0214. The van der Waals surface area contributed by atoms with Crippen molar-refractivity contribution in [2.75, 3.05) is 0 Å². The standard InChI is InChI=1S/C13H11N5/c14-13(15)10-1-2-12(17-7-10)18-6-4-9-3-5-16-8-11(9)18/h1-8H,(H3,14,15). The average molecular weight is 237 g/mol. The minimum Gasteiger partial charge on any atom is -0.384 e. The molecule has 88 valence electrons. The summed E-state index contributed by atoms with van der Waals surface area (Å²) in [5.74, 6) is 0.802. The van der Waals surface area contributed by atoms with Gasteiger partial charge in [-0.25, -0.2) is 4.98 Å². The van der Waals surface area contributed by atoms with Gasteiger partial charge in [0.2, 0.25) is 0 Å². The summed E-state index contributed by atoms with van der Waals surface area (Å²) in [6.07, 6.45) is 7.11. The maximum atomic E-state index is 7.33. The van der Waals surface area contributed by atoms with E-state index >= 15 is 0 Å². The Morgan fingerprint density at radius 1 is 1.17 bits per heavy atom. The van der Waals surface area contributed by atoms with E-state index in [0.717, 1.165) is 16.7 Å². The first kappa shape index (κ1) is 10.5. The Morgan fingerprint density at radius 3 is 2.78 bits per heavy atom. The van der Waals surface area contributed by atoms with Gasteiger partial charge in [-0.15, -0.1) is 0 Å². The molecule has 0 saturated heterocycles. The fourth-order valence-electron chi connectivity index (χ4n) is 1.86. The van der Waals surface area contributed by atoms with Crippen molar-refractivity contribution in [3.05, 3.63) is 54.6 Å². The van der Waals surface area contributed by atoms with Crippen molar-refractivity contribution in [2.45, 2.75) is 0 Å². The van der Waals surface area contributed by atoms with E-state index in [1.807, 2.05) is 29.0 Å². The maximum absolute atomic E-state index is 7.33. The highest BCUT2D eigenvalue weighted by Gasteiger charge is 2.04. The van der Waals surface area contributed by atoms with E-state index < -0.39 is 0 Å². The third kappa shape index (κ3) is 1.62. The van der Waals surface area contributed by atoms with E-state index in [9.17, 15) is 0 Å². The van der Waals surface area contributed by atoms with Crippen molar-refractivity contribution in [3.8, 4) is 5.82 Å². The number of nitrogens with one attached hydrogen (secondary N) is 1. The van der Waals surface area contributed by atoms with Crippen LogP contribution in [-0.4, -0.2) is 20.4 Å². The van der Waals surface area contributed by atoms with Crippen LogP contribution >= 0.6 is 0 Å². The van der Waals surface area contributed by atoms with Crippen molar-refractivity contribution >= 4 is 16.7 Å². The van der Waals surface area contributed by atoms with Gasteiger partial charge in [0.1, 0.15) is 11.7 Å². The molecule has 0 amide bonds. The molecule has 5 heteroatoms. The van der Waals surface area contributed by atoms with Crippen molar-refractivity contribution in [2.24, 2.45) is 5.73 Å². The Balaban J connectivity index is 2.12. The van der Waals surface area contributed by atoms with Crippen LogP contribution in [0, 0.1) is 5.41 Å². The Labute approximate surface area is 103 Å². The van der Waals surface area contributed by atoms with Gasteiger partial charge in [-0.3, -0.25) is 15.0 Å². The maximum Gasteiger partial charge on any atom is 0.137 e. The molecule has 0 aliphatic heterocycles. The summed E-state index contributed by atoms with van der Waals surface area (Å²) in [6, 6.07) is 7.59. The summed E-state index contributed by atoms with van der Waals surface area (Å²) < 4.78 is 1.95. The number of nitrogens with zero attached hydrogens (tertiary/aromatic N) is 3. The van der Waals surface area contributed by atoms with E-state index in [2.05, 4.69) is 9.97 Å². The topological polar surface area (TPSA) is 80.6 Å². The second-order valence-electron chi connectivity index (χ2n) is 3.94. The molecule has 3 rings (SSSR count). The Kier molecular flexibility index (Phi) is 2.30. The van der Waals surface area contributed by atoms with Gasteiger partial charge in [-0.1, -0.05) is 0 Å². The van der Waals surface area contributed by atoms with Crippen molar-refractivity contribution in [1.29, 1.82) is 5.41 Å². The van der Waals surface area contributed by atoms with E-state index in [-0.39, 0.29) is 5.84 Å². The molecule has 0 radical (unpaired) electrons. The van der Waals surface area contributed by atoms with Gasteiger partial charge in [-0.05, 0) is 24.3 Å². The van der Waals surface area contributed by atoms with Gasteiger partial charge >= 0.3 is 0 Å². The van der Waals surface area contributed by atoms with E-state index in [0.29, 0.717) is 5.56 Å². The monoisotopic (exact) mass is 237 g/mol. The zero-order chi connectivity index (χ0) is 12.5. The lowest BCUT2D eigenvalue weighted by Gasteiger charge is -2.05. The smallest absolute Gasteiger partial charge is 0.137 e. The summed E-state index contributed by atoms with van der Waals surface area (Å²) in [6.45, 7) is 0. The molecule has 18 heavy (non-hydrogen) atoms. The third-order valence-corrected chi connectivity index (χ3v) is 2.80. The van der Waals surface area contributed by atoms with Crippen molar-refractivity contribution in [1.82, 2.24) is 14.5 Å². The lowest BCUT2D eigenvalue weighted by atomic mass is 10.2. The molecule has 0 spiro atoms. The lowest BCUT2D eigenvalue weighted by molar-refractivity contribution is 1.04. The zero-order valence-corrected chi connectivity index (χ0v) is 9.54. The van der Waals surface area contributed by atoms with Crippen LogP contribution in [0.4, 0.5) is 0 Å². The predicted octanol–water partition coefficient (Wildman–Crippen LogP) is 1.70. The number of hydrogen-bond acceptors (Lipinski definition) is 3. The van der Waals surface area contributed by atoms with Gasteiger partial charge in [0, 0.05) is 29.5 Å². The Bertz CT molecular complexity index is 712. The Morgan fingerprint density at radius 2 is 2.06 bits per heavy atom. The minimum absolute atomic E-state index is 0.0214. The van der Waals surface area contributed by atoms with E-state index in [4.69, 9.17) is 11.1 Å². The van der Waals surface area contributed by atoms with Crippen LogP contribution in [0.1, 0.15) is 5.56 Å². The molecular weight excluding hydrogens is 226 g/mol. The molecule has 3 aromatic heterocycles. The molecule has 3 aromatic rings. The van der Waals surface area contributed by atoms with Crippen molar-refractivity contribution < 1.29 is 0 Å². The summed E-state index contributed by atoms with van der Waals surface area (Å²) in [5, 5.41) is 8.45. The second kappa shape index (κ2) is 3.96. The number of hydrogen-bond donors (Lipinski definition) is 2. The normalized spacial score (nSPS) is 10.7. The van der Waals surface area contributed by atoms with Crippen LogP contribution in [0.2, 0.25) is 0 Å². The quantitative estimate of drug-likeness (QED) is 0.526. The van der Waals surface area contributed by atoms with Crippen LogP contribution in [-0.2, 0) is 0 Å². The largest absolute Gasteiger partial charge is 0.384 e. The molecule has 0 bridgehead atoms. The fourth-order valence-corrected chi connectivity index (χ4v) is 1.86. The second-order valence-corrected chi connectivity index (χ2v) is 3.94. The zero-order valence-electron chi connectivity index (χ0n) is 9.54. The summed E-state index contributed by atoms with van der Waals surface area (Å²) in [4.78, 5) is 8.42. The van der Waals surface area contributed by atoms with Gasteiger partial charge in [0.25, 0.3) is 0 Å². The van der Waals surface area contributed by atoms with Gasteiger partial charge in [0.15, 0.2) is 0 Å². The molecule has 3 heterocycles. The van der Waals surface area contributed by atoms with Gasteiger partial charge in [-0.2, -0.15) is 0 Å². The molecule has 0 aliphatic carbocycles. The lowest BCUT2D eigenvalue weighted by Crippen LogP contribution is -2.11. The first-order valence-corrected chi connectivity index (χ1v) is 5.47. The number of aromatic nitrogens is 3. The fraction of sp³-hybridized carbons (Fsp3) is 0. The highest BCUT2D eigenvalue weighted by molar-refractivity contribution is 5.94.